The van der Waals surface area contributed by atoms with Crippen LogP contribution >= 0.6 is 11.6 Å². The number of nitrogens with zero attached hydrogens (tertiary/aromatic N) is 3. The van der Waals surface area contributed by atoms with Crippen LogP contribution in [-0.4, -0.2) is 23.1 Å². The first-order chi connectivity index (χ1) is 11.6. The lowest BCUT2D eigenvalue weighted by atomic mass is 9.97. The maximum Gasteiger partial charge on any atom is 0.224 e. The molecule has 2 aromatic rings. The molecular formula is C18H16ClF2N3. The molecule has 2 heterocycles. The molecule has 0 N–H and O–H groups in total. The molecule has 1 aliphatic heterocycles. The molecule has 0 radical (unpaired) electrons. The third kappa shape index (κ3) is 2.77. The normalized spacial score (nSPS) is 20.0. The van der Waals surface area contributed by atoms with Crippen LogP contribution < -0.4 is 4.90 Å². The Labute approximate surface area is 144 Å². The molecule has 0 saturated heterocycles. The van der Waals surface area contributed by atoms with Gasteiger partial charge in [0.1, 0.15) is 11.6 Å². The molecule has 24 heavy (non-hydrogen) atoms. The van der Waals surface area contributed by atoms with Gasteiger partial charge in [-0.3, -0.25) is 0 Å². The maximum absolute atomic E-state index is 13.3. The molecule has 1 aliphatic carbocycles. The van der Waals surface area contributed by atoms with E-state index in [0.717, 1.165) is 35.5 Å². The smallest absolute Gasteiger partial charge is 0.224 e. The minimum Gasteiger partial charge on any atom is -0.352 e. The Morgan fingerprint density at radius 3 is 2.58 bits per heavy atom. The summed E-state index contributed by atoms with van der Waals surface area (Å²) in [6.45, 7) is 1.08. The molecular weight excluding hydrogens is 332 g/mol. The van der Waals surface area contributed by atoms with Crippen LogP contribution in [0, 0.1) is 5.82 Å². The fourth-order valence-corrected chi connectivity index (χ4v) is 3.70. The summed E-state index contributed by atoms with van der Waals surface area (Å²) in [4.78, 5) is 10.9. The van der Waals surface area contributed by atoms with Crippen LogP contribution in [0.15, 0.2) is 36.2 Å². The van der Waals surface area contributed by atoms with Crippen LogP contribution in [0.4, 0.5) is 14.6 Å². The number of anilines is 1. The van der Waals surface area contributed by atoms with Crippen LogP contribution in [0.1, 0.15) is 35.6 Å². The zero-order chi connectivity index (χ0) is 16.7. The van der Waals surface area contributed by atoms with Crippen molar-refractivity contribution in [2.24, 2.45) is 0 Å². The quantitative estimate of drug-likeness (QED) is 0.753. The number of hydrogen-bond acceptors (Lipinski definition) is 3. The van der Waals surface area contributed by atoms with Crippen molar-refractivity contribution in [3.05, 3.63) is 64.1 Å². The van der Waals surface area contributed by atoms with Gasteiger partial charge >= 0.3 is 0 Å². The molecule has 2 aliphatic rings. The Hall–Kier alpha value is -2.01. The van der Waals surface area contributed by atoms with E-state index < -0.39 is 0 Å². The SMILES string of the molecule is FC1=CCN(c2nc(Cl)nc3c2CCC3c2ccc(F)cc2)CC1. The van der Waals surface area contributed by atoms with Gasteiger partial charge in [-0.25, -0.2) is 18.7 Å². The molecule has 3 nitrogen and oxygen atoms in total. The second-order valence-electron chi connectivity index (χ2n) is 6.17. The Morgan fingerprint density at radius 2 is 1.88 bits per heavy atom. The summed E-state index contributed by atoms with van der Waals surface area (Å²) in [6.07, 6.45) is 3.70. The number of halogens is 3. The van der Waals surface area contributed by atoms with Gasteiger partial charge in [-0.15, -0.1) is 0 Å². The van der Waals surface area contributed by atoms with E-state index in [0.29, 0.717) is 19.5 Å². The van der Waals surface area contributed by atoms with Crippen molar-refractivity contribution >= 4 is 17.4 Å². The highest BCUT2D eigenvalue weighted by Gasteiger charge is 2.31. The van der Waals surface area contributed by atoms with E-state index in [2.05, 4.69) is 9.97 Å². The van der Waals surface area contributed by atoms with E-state index in [-0.39, 0.29) is 22.8 Å². The minimum absolute atomic E-state index is 0.0766. The lowest BCUT2D eigenvalue weighted by molar-refractivity contribution is 0.561. The first-order valence-electron chi connectivity index (χ1n) is 8.03. The molecule has 6 heteroatoms. The van der Waals surface area contributed by atoms with Crippen molar-refractivity contribution in [2.45, 2.75) is 25.2 Å². The first kappa shape index (κ1) is 15.5. The molecule has 1 unspecified atom stereocenters. The zero-order valence-corrected chi connectivity index (χ0v) is 13.7. The average molecular weight is 348 g/mol. The number of hydrogen-bond donors (Lipinski definition) is 0. The molecule has 1 atom stereocenters. The highest BCUT2D eigenvalue weighted by molar-refractivity contribution is 6.28. The Kier molecular flexibility index (Phi) is 3.96. The monoisotopic (exact) mass is 347 g/mol. The van der Waals surface area contributed by atoms with Gasteiger partial charge in [-0.2, -0.15) is 0 Å². The molecule has 0 bridgehead atoms. The minimum atomic E-state index is -0.250. The van der Waals surface area contributed by atoms with E-state index in [1.54, 1.807) is 18.2 Å². The van der Waals surface area contributed by atoms with Crippen molar-refractivity contribution < 1.29 is 8.78 Å². The third-order valence-electron chi connectivity index (χ3n) is 4.73. The van der Waals surface area contributed by atoms with E-state index in [4.69, 9.17) is 11.6 Å². The van der Waals surface area contributed by atoms with Crippen LogP contribution in [0.2, 0.25) is 5.28 Å². The Balaban J connectivity index is 1.73. The van der Waals surface area contributed by atoms with Gasteiger partial charge in [0, 0.05) is 31.0 Å². The van der Waals surface area contributed by atoms with E-state index in [9.17, 15) is 8.78 Å². The van der Waals surface area contributed by atoms with Gasteiger partial charge in [0.15, 0.2) is 0 Å². The lowest BCUT2D eigenvalue weighted by Crippen LogP contribution is -2.30. The van der Waals surface area contributed by atoms with Crippen molar-refractivity contribution in [3.8, 4) is 0 Å². The topological polar surface area (TPSA) is 29.0 Å². The second-order valence-corrected chi connectivity index (χ2v) is 6.51. The molecule has 4 rings (SSSR count). The van der Waals surface area contributed by atoms with Crippen LogP contribution in [0.3, 0.4) is 0 Å². The summed E-state index contributed by atoms with van der Waals surface area (Å²) in [5.41, 5.74) is 3.01. The summed E-state index contributed by atoms with van der Waals surface area (Å²) in [5.74, 6) is 0.572. The molecule has 1 aromatic carbocycles. The average Bonchev–Trinajstić information content (AvgIpc) is 2.99. The van der Waals surface area contributed by atoms with Crippen molar-refractivity contribution in [1.29, 1.82) is 0 Å². The number of benzene rings is 1. The van der Waals surface area contributed by atoms with Crippen molar-refractivity contribution in [1.82, 2.24) is 9.97 Å². The van der Waals surface area contributed by atoms with Gasteiger partial charge < -0.3 is 4.90 Å². The van der Waals surface area contributed by atoms with E-state index in [1.807, 2.05) is 4.90 Å². The van der Waals surface area contributed by atoms with Crippen LogP contribution in [0.5, 0.6) is 0 Å². The van der Waals surface area contributed by atoms with Gasteiger partial charge in [-0.05, 0) is 48.2 Å². The predicted octanol–water partition coefficient (Wildman–Crippen LogP) is 4.41. The molecule has 1 aromatic heterocycles. The number of aromatic nitrogens is 2. The number of fused-ring (bicyclic) bond motifs is 1. The molecule has 0 amide bonds. The zero-order valence-electron chi connectivity index (χ0n) is 13.0. The summed E-state index contributed by atoms with van der Waals surface area (Å²) < 4.78 is 26.5. The maximum atomic E-state index is 13.3. The van der Waals surface area contributed by atoms with Gasteiger partial charge in [0.2, 0.25) is 5.28 Å². The fourth-order valence-electron chi connectivity index (χ4n) is 3.53. The predicted molar refractivity (Wildman–Crippen MR) is 89.6 cm³/mol. The van der Waals surface area contributed by atoms with E-state index in [1.165, 1.54) is 12.1 Å². The highest BCUT2D eigenvalue weighted by atomic mass is 35.5. The molecule has 0 saturated carbocycles. The first-order valence-corrected chi connectivity index (χ1v) is 8.41. The standard InChI is InChI=1S/C18H16ClF2N3/c19-18-22-16-14(11-1-3-12(20)4-2-11)5-6-15(16)17(23-18)24-9-7-13(21)8-10-24/h1-4,7,14H,5-6,8-10H2. The van der Waals surface area contributed by atoms with Gasteiger partial charge in [-0.1, -0.05) is 12.1 Å². The second kappa shape index (κ2) is 6.13. The van der Waals surface area contributed by atoms with Crippen LogP contribution in [0.25, 0.3) is 0 Å². The van der Waals surface area contributed by atoms with Gasteiger partial charge in [0.25, 0.3) is 0 Å². The van der Waals surface area contributed by atoms with Crippen LogP contribution in [-0.2, 0) is 6.42 Å². The van der Waals surface area contributed by atoms with E-state index >= 15 is 0 Å². The summed E-state index contributed by atoms with van der Waals surface area (Å²) >= 11 is 6.16. The fraction of sp³-hybridized carbons (Fsp3) is 0.333. The largest absolute Gasteiger partial charge is 0.352 e. The summed E-state index contributed by atoms with van der Waals surface area (Å²) in [6, 6.07) is 6.53. The Bertz CT molecular complexity index is 805. The summed E-state index contributed by atoms with van der Waals surface area (Å²) in [5, 5.41) is 0.202. The Morgan fingerprint density at radius 1 is 1.08 bits per heavy atom. The van der Waals surface area contributed by atoms with Crippen molar-refractivity contribution in [2.75, 3.05) is 18.0 Å². The third-order valence-corrected chi connectivity index (χ3v) is 4.90. The van der Waals surface area contributed by atoms with Crippen molar-refractivity contribution in [3.63, 3.8) is 0 Å². The molecule has 124 valence electrons. The highest BCUT2D eigenvalue weighted by Crippen LogP contribution is 2.41. The molecule has 0 spiro atoms. The number of rotatable bonds is 2. The van der Waals surface area contributed by atoms with Gasteiger partial charge in [0.05, 0.1) is 11.5 Å². The lowest BCUT2D eigenvalue weighted by Gasteiger charge is -2.27. The summed E-state index contributed by atoms with van der Waals surface area (Å²) in [7, 11) is 0. The molecule has 0 fully saturated rings.